The molecular formula is C15H12FN5O2S2. The summed E-state index contributed by atoms with van der Waals surface area (Å²) in [6, 6.07) is 7.74. The minimum Gasteiger partial charge on any atom is -0.366 e. The number of nitrogens with two attached hydrogens (primary N) is 1. The van der Waals surface area contributed by atoms with Gasteiger partial charge in [0, 0.05) is 0 Å². The van der Waals surface area contributed by atoms with Crippen LogP contribution < -0.4 is 11.1 Å². The molecule has 2 amide bonds. The summed E-state index contributed by atoms with van der Waals surface area (Å²) in [6.07, 6.45) is 0. The molecule has 0 fully saturated rings. The van der Waals surface area contributed by atoms with Crippen LogP contribution in [0.25, 0.3) is 11.4 Å². The van der Waals surface area contributed by atoms with E-state index < -0.39 is 11.7 Å². The van der Waals surface area contributed by atoms with E-state index >= 15 is 0 Å². The van der Waals surface area contributed by atoms with Gasteiger partial charge >= 0.3 is 0 Å². The molecule has 25 heavy (non-hydrogen) atoms. The smallest absolute Gasteiger partial charge is 0.251 e. The highest BCUT2D eigenvalue weighted by molar-refractivity contribution is 7.99. The first-order valence-electron chi connectivity index (χ1n) is 7.02. The number of thiophene rings is 1. The number of benzene rings is 1. The van der Waals surface area contributed by atoms with Crippen LogP contribution in [0.4, 0.5) is 9.39 Å². The van der Waals surface area contributed by atoms with Crippen molar-refractivity contribution in [3.8, 4) is 11.4 Å². The number of nitrogens with one attached hydrogen (secondary N) is 2. The van der Waals surface area contributed by atoms with E-state index in [4.69, 9.17) is 5.73 Å². The van der Waals surface area contributed by atoms with Gasteiger partial charge in [-0.1, -0.05) is 23.9 Å². The Balaban J connectivity index is 1.61. The van der Waals surface area contributed by atoms with Crippen molar-refractivity contribution in [1.29, 1.82) is 0 Å². The number of carbonyl (C=O) groups is 2. The van der Waals surface area contributed by atoms with Crippen LogP contribution in [0.2, 0.25) is 0 Å². The first-order chi connectivity index (χ1) is 12.0. The van der Waals surface area contributed by atoms with Crippen molar-refractivity contribution in [3.63, 3.8) is 0 Å². The molecule has 0 atom stereocenters. The van der Waals surface area contributed by atoms with Crippen LogP contribution in [0.3, 0.4) is 0 Å². The van der Waals surface area contributed by atoms with Crippen molar-refractivity contribution < 1.29 is 14.0 Å². The summed E-state index contributed by atoms with van der Waals surface area (Å²) in [5, 5.41) is 11.6. The largest absolute Gasteiger partial charge is 0.366 e. The fourth-order valence-electron chi connectivity index (χ4n) is 1.98. The van der Waals surface area contributed by atoms with Gasteiger partial charge < -0.3 is 11.1 Å². The first-order valence-corrected chi connectivity index (χ1v) is 8.88. The predicted molar refractivity (Wildman–Crippen MR) is 94.0 cm³/mol. The van der Waals surface area contributed by atoms with Crippen LogP contribution in [-0.4, -0.2) is 32.7 Å². The summed E-state index contributed by atoms with van der Waals surface area (Å²) >= 11 is 2.30. The van der Waals surface area contributed by atoms with Gasteiger partial charge in [-0.15, -0.1) is 16.4 Å². The highest BCUT2D eigenvalue weighted by Crippen LogP contribution is 2.24. The third-order valence-electron chi connectivity index (χ3n) is 3.11. The third kappa shape index (κ3) is 4.03. The van der Waals surface area contributed by atoms with E-state index in [0.29, 0.717) is 15.7 Å². The lowest BCUT2D eigenvalue weighted by Gasteiger charge is -2.03. The van der Waals surface area contributed by atoms with Gasteiger partial charge in [-0.3, -0.25) is 14.7 Å². The van der Waals surface area contributed by atoms with E-state index in [1.165, 1.54) is 17.4 Å². The molecule has 128 valence electrons. The van der Waals surface area contributed by atoms with Crippen LogP contribution in [0.1, 0.15) is 10.4 Å². The lowest BCUT2D eigenvalue weighted by molar-refractivity contribution is -0.113. The Morgan fingerprint density at radius 1 is 1.32 bits per heavy atom. The summed E-state index contributed by atoms with van der Waals surface area (Å²) in [6.45, 7) is 0. The normalized spacial score (nSPS) is 10.6. The second kappa shape index (κ2) is 7.45. The van der Waals surface area contributed by atoms with Crippen molar-refractivity contribution in [1.82, 2.24) is 15.2 Å². The molecule has 0 aliphatic heterocycles. The predicted octanol–water partition coefficient (Wildman–Crippen LogP) is 2.50. The fraction of sp³-hybridized carbons (Fsp3) is 0.0667. The summed E-state index contributed by atoms with van der Waals surface area (Å²) in [5.74, 6) is -1.02. The molecule has 7 nitrogen and oxygen atoms in total. The van der Waals surface area contributed by atoms with Crippen molar-refractivity contribution in [2.75, 3.05) is 11.1 Å². The molecule has 3 rings (SSSR count). The van der Waals surface area contributed by atoms with Crippen LogP contribution in [0.15, 0.2) is 40.9 Å². The number of primary amides is 1. The van der Waals surface area contributed by atoms with E-state index in [1.54, 1.807) is 29.6 Å². The number of halogens is 1. The Morgan fingerprint density at radius 3 is 2.88 bits per heavy atom. The van der Waals surface area contributed by atoms with Crippen LogP contribution >= 0.6 is 23.1 Å². The quantitative estimate of drug-likeness (QED) is 0.571. The number of aromatic nitrogens is 3. The van der Waals surface area contributed by atoms with Gasteiger partial charge in [-0.25, -0.2) is 9.37 Å². The topological polar surface area (TPSA) is 114 Å². The second-order valence-corrected chi connectivity index (χ2v) is 6.67. The molecule has 0 radical (unpaired) electrons. The number of anilines is 1. The lowest BCUT2D eigenvalue weighted by Crippen LogP contribution is -2.17. The minimum atomic E-state index is -0.604. The number of H-pyrrole nitrogens is 1. The number of hydrogen-bond acceptors (Lipinski definition) is 6. The maximum atomic E-state index is 13.7. The average Bonchev–Trinajstić information content (AvgIpc) is 3.22. The van der Waals surface area contributed by atoms with E-state index in [-0.39, 0.29) is 23.0 Å². The molecule has 0 unspecified atom stereocenters. The molecule has 0 saturated heterocycles. The Hall–Kier alpha value is -2.72. The average molecular weight is 377 g/mol. The maximum absolute atomic E-state index is 13.7. The summed E-state index contributed by atoms with van der Waals surface area (Å²) in [7, 11) is 0. The van der Waals surface area contributed by atoms with Gasteiger partial charge in [-0.2, -0.15) is 0 Å². The highest BCUT2D eigenvalue weighted by Gasteiger charge is 2.14. The zero-order valence-corrected chi connectivity index (χ0v) is 14.3. The Bertz CT molecular complexity index is 924. The van der Waals surface area contributed by atoms with Crippen molar-refractivity contribution >= 4 is 39.9 Å². The molecule has 0 aliphatic rings. The third-order valence-corrected chi connectivity index (χ3v) is 4.79. The summed E-state index contributed by atoms with van der Waals surface area (Å²) in [4.78, 5) is 27.4. The molecule has 3 aromatic rings. The molecule has 0 saturated carbocycles. The number of nitrogens with zero attached hydrogens (tertiary/aromatic N) is 2. The van der Waals surface area contributed by atoms with Gasteiger partial charge in [0.15, 0.2) is 5.82 Å². The van der Waals surface area contributed by atoms with Gasteiger partial charge in [0.05, 0.1) is 16.9 Å². The summed E-state index contributed by atoms with van der Waals surface area (Å²) < 4.78 is 13.7. The van der Waals surface area contributed by atoms with Gasteiger partial charge in [0.2, 0.25) is 11.1 Å². The standard InChI is InChI=1S/C15H12FN5O2S2/c16-10-4-2-1-3-8(10)13-19-15(21-20-13)25-7-11(22)18-14-9(12(17)23)5-6-24-14/h1-6H,7H2,(H2,17,23)(H,18,22)(H,19,20,21). The summed E-state index contributed by atoms with van der Waals surface area (Å²) in [5.41, 5.74) is 5.80. The van der Waals surface area contributed by atoms with Crippen LogP contribution in [0.5, 0.6) is 0 Å². The number of thioether (sulfide) groups is 1. The molecule has 2 aromatic heterocycles. The number of hydrogen-bond donors (Lipinski definition) is 3. The highest BCUT2D eigenvalue weighted by atomic mass is 32.2. The number of amides is 2. The number of rotatable bonds is 6. The fourth-order valence-corrected chi connectivity index (χ4v) is 3.38. The van der Waals surface area contributed by atoms with Gasteiger partial charge in [0.25, 0.3) is 5.91 Å². The SMILES string of the molecule is NC(=O)c1ccsc1NC(=O)CSc1n[nH]c(-c2ccccc2F)n1. The van der Waals surface area contributed by atoms with Gasteiger partial charge in [-0.05, 0) is 23.6 Å². The molecule has 0 bridgehead atoms. The Labute approximate surface area is 149 Å². The molecule has 1 aromatic carbocycles. The molecule has 0 spiro atoms. The van der Waals surface area contributed by atoms with E-state index in [1.807, 2.05) is 0 Å². The van der Waals surface area contributed by atoms with E-state index in [0.717, 1.165) is 11.8 Å². The van der Waals surface area contributed by atoms with Gasteiger partial charge in [0.1, 0.15) is 10.8 Å². The lowest BCUT2D eigenvalue weighted by atomic mass is 10.2. The molecule has 2 heterocycles. The molecule has 0 aliphatic carbocycles. The van der Waals surface area contributed by atoms with E-state index in [9.17, 15) is 14.0 Å². The Kier molecular flexibility index (Phi) is 5.10. The first kappa shape index (κ1) is 17.1. The molecule has 4 N–H and O–H groups in total. The van der Waals surface area contributed by atoms with Crippen LogP contribution in [-0.2, 0) is 4.79 Å². The Morgan fingerprint density at radius 2 is 2.12 bits per heavy atom. The van der Waals surface area contributed by atoms with E-state index in [2.05, 4.69) is 20.5 Å². The zero-order valence-electron chi connectivity index (χ0n) is 12.7. The van der Waals surface area contributed by atoms with Crippen molar-refractivity contribution in [2.45, 2.75) is 5.16 Å². The van der Waals surface area contributed by atoms with Crippen molar-refractivity contribution in [2.24, 2.45) is 5.73 Å². The number of carbonyl (C=O) groups excluding carboxylic acids is 2. The monoisotopic (exact) mass is 377 g/mol. The number of aromatic amines is 1. The maximum Gasteiger partial charge on any atom is 0.251 e. The zero-order chi connectivity index (χ0) is 17.8. The molecule has 10 heteroatoms. The van der Waals surface area contributed by atoms with Crippen LogP contribution in [0, 0.1) is 5.82 Å². The minimum absolute atomic E-state index is 0.0324. The molecular weight excluding hydrogens is 365 g/mol. The second-order valence-electron chi connectivity index (χ2n) is 4.81. The van der Waals surface area contributed by atoms with Crippen molar-refractivity contribution in [3.05, 3.63) is 47.1 Å².